The third-order valence-electron chi connectivity index (χ3n) is 2.84. The van der Waals surface area contributed by atoms with Crippen molar-refractivity contribution < 1.29 is 4.79 Å². The molecule has 0 N–H and O–H groups in total. The summed E-state index contributed by atoms with van der Waals surface area (Å²) in [5, 5.41) is 0. The minimum absolute atomic E-state index is 0.370. The van der Waals surface area contributed by atoms with Crippen LogP contribution in [-0.4, -0.2) is 23.9 Å². The van der Waals surface area contributed by atoms with Gasteiger partial charge in [0.1, 0.15) is 0 Å². The van der Waals surface area contributed by atoms with E-state index < -0.39 is 0 Å². The molecule has 70 valence electrons. The molecule has 0 aromatic heterocycles. The van der Waals surface area contributed by atoms with Gasteiger partial charge in [0, 0.05) is 19.0 Å². The minimum atomic E-state index is 0.370. The van der Waals surface area contributed by atoms with E-state index in [0.29, 0.717) is 17.7 Å². The van der Waals surface area contributed by atoms with Gasteiger partial charge < -0.3 is 4.90 Å². The van der Waals surface area contributed by atoms with Crippen LogP contribution in [0.4, 0.5) is 0 Å². The van der Waals surface area contributed by atoms with E-state index in [1.54, 1.807) is 0 Å². The summed E-state index contributed by atoms with van der Waals surface area (Å²) < 4.78 is 0. The maximum atomic E-state index is 11.7. The molecule has 1 rings (SSSR count). The Labute approximate surface area is 74.9 Å². The SMILES string of the molecule is CCC1CC1C(=O)N(CC)CC. The Morgan fingerprint density at radius 3 is 2.25 bits per heavy atom. The monoisotopic (exact) mass is 169 g/mol. The molecule has 1 aliphatic rings. The van der Waals surface area contributed by atoms with Crippen LogP contribution in [-0.2, 0) is 4.79 Å². The Kier molecular flexibility index (Phi) is 3.12. The molecule has 1 fully saturated rings. The van der Waals surface area contributed by atoms with Crippen LogP contribution in [0.2, 0.25) is 0 Å². The third kappa shape index (κ3) is 1.79. The Bertz CT molecular complexity index is 163. The standard InChI is InChI=1S/C10H19NO/c1-4-8-7-9(8)10(12)11(5-2)6-3/h8-9H,4-7H2,1-3H3. The number of carbonyl (C=O) groups excluding carboxylic acids is 1. The quantitative estimate of drug-likeness (QED) is 0.629. The van der Waals surface area contributed by atoms with E-state index in [9.17, 15) is 4.79 Å². The molecule has 12 heavy (non-hydrogen) atoms. The summed E-state index contributed by atoms with van der Waals surface area (Å²) in [5.74, 6) is 1.44. The highest BCUT2D eigenvalue weighted by Gasteiger charge is 2.42. The Hall–Kier alpha value is -0.530. The predicted molar refractivity (Wildman–Crippen MR) is 49.8 cm³/mol. The summed E-state index contributed by atoms with van der Waals surface area (Å²) >= 11 is 0. The van der Waals surface area contributed by atoms with Crippen LogP contribution in [0, 0.1) is 11.8 Å². The first-order chi connectivity index (χ1) is 5.74. The molecule has 2 atom stereocenters. The fourth-order valence-electron chi connectivity index (χ4n) is 1.77. The van der Waals surface area contributed by atoms with Gasteiger partial charge in [0.05, 0.1) is 0 Å². The average Bonchev–Trinajstić information content (AvgIpc) is 2.85. The molecule has 2 heteroatoms. The van der Waals surface area contributed by atoms with Crippen molar-refractivity contribution in [1.82, 2.24) is 4.90 Å². The van der Waals surface area contributed by atoms with Gasteiger partial charge in [-0.2, -0.15) is 0 Å². The topological polar surface area (TPSA) is 20.3 Å². The van der Waals surface area contributed by atoms with Crippen LogP contribution < -0.4 is 0 Å². The summed E-state index contributed by atoms with van der Waals surface area (Å²) in [6, 6.07) is 0. The largest absolute Gasteiger partial charge is 0.343 e. The molecule has 0 aromatic rings. The van der Waals surface area contributed by atoms with E-state index in [1.165, 1.54) is 0 Å². The minimum Gasteiger partial charge on any atom is -0.343 e. The molecule has 0 heterocycles. The number of carbonyl (C=O) groups is 1. The van der Waals surface area contributed by atoms with Crippen molar-refractivity contribution in [2.45, 2.75) is 33.6 Å². The maximum Gasteiger partial charge on any atom is 0.225 e. The molecular formula is C10H19NO. The molecule has 1 saturated carbocycles. The summed E-state index contributed by atoms with van der Waals surface area (Å²) in [5.41, 5.74) is 0. The maximum absolute atomic E-state index is 11.7. The van der Waals surface area contributed by atoms with E-state index in [4.69, 9.17) is 0 Å². The molecular weight excluding hydrogens is 150 g/mol. The highest BCUT2D eigenvalue weighted by Crippen LogP contribution is 2.42. The second kappa shape index (κ2) is 3.92. The normalized spacial score (nSPS) is 26.9. The van der Waals surface area contributed by atoms with E-state index in [1.807, 2.05) is 18.7 Å². The van der Waals surface area contributed by atoms with Gasteiger partial charge in [0.25, 0.3) is 0 Å². The molecule has 1 aliphatic carbocycles. The van der Waals surface area contributed by atoms with Gasteiger partial charge in [0.2, 0.25) is 5.91 Å². The highest BCUT2D eigenvalue weighted by molar-refractivity contribution is 5.81. The lowest BCUT2D eigenvalue weighted by Gasteiger charge is -2.18. The van der Waals surface area contributed by atoms with Crippen LogP contribution in [0.15, 0.2) is 0 Å². The Morgan fingerprint density at radius 1 is 1.33 bits per heavy atom. The van der Waals surface area contributed by atoms with Gasteiger partial charge in [-0.15, -0.1) is 0 Å². The number of nitrogens with zero attached hydrogens (tertiary/aromatic N) is 1. The molecule has 0 spiro atoms. The van der Waals surface area contributed by atoms with E-state index in [0.717, 1.165) is 25.9 Å². The zero-order valence-corrected chi connectivity index (χ0v) is 8.34. The molecule has 1 amide bonds. The molecule has 0 radical (unpaired) electrons. The summed E-state index contributed by atoms with van der Waals surface area (Å²) in [6.45, 7) is 7.99. The first-order valence-corrected chi connectivity index (χ1v) is 5.03. The summed E-state index contributed by atoms with van der Waals surface area (Å²) in [7, 11) is 0. The lowest BCUT2D eigenvalue weighted by molar-refractivity contribution is -0.132. The Balaban J connectivity index is 2.38. The van der Waals surface area contributed by atoms with Gasteiger partial charge in [-0.05, 0) is 26.2 Å². The van der Waals surface area contributed by atoms with E-state index >= 15 is 0 Å². The van der Waals surface area contributed by atoms with Crippen molar-refractivity contribution in [2.75, 3.05) is 13.1 Å². The van der Waals surface area contributed by atoms with Crippen molar-refractivity contribution in [2.24, 2.45) is 11.8 Å². The van der Waals surface area contributed by atoms with Gasteiger partial charge in [-0.1, -0.05) is 13.3 Å². The van der Waals surface area contributed by atoms with Gasteiger partial charge in [0.15, 0.2) is 0 Å². The van der Waals surface area contributed by atoms with Crippen molar-refractivity contribution in [1.29, 1.82) is 0 Å². The van der Waals surface area contributed by atoms with Crippen molar-refractivity contribution in [3.63, 3.8) is 0 Å². The molecule has 2 nitrogen and oxygen atoms in total. The first-order valence-electron chi connectivity index (χ1n) is 5.03. The fraction of sp³-hybridized carbons (Fsp3) is 0.900. The zero-order valence-electron chi connectivity index (χ0n) is 8.34. The van der Waals surface area contributed by atoms with Crippen molar-refractivity contribution >= 4 is 5.91 Å². The second-order valence-corrected chi connectivity index (χ2v) is 3.52. The van der Waals surface area contributed by atoms with Crippen LogP contribution in [0.1, 0.15) is 33.6 Å². The number of hydrogen-bond acceptors (Lipinski definition) is 1. The number of rotatable bonds is 4. The first kappa shape index (κ1) is 9.56. The van der Waals surface area contributed by atoms with Crippen LogP contribution >= 0.6 is 0 Å². The van der Waals surface area contributed by atoms with Crippen molar-refractivity contribution in [3.8, 4) is 0 Å². The molecule has 2 unspecified atom stereocenters. The number of amides is 1. The third-order valence-corrected chi connectivity index (χ3v) is 2.84. The number of hydrogen-bond donors (Lipinski definition) is 0. The molecule has 0 saturated heterocycles. The smallest absolute Gasteiger partial charge is 0.225 e. The van der Waals surface area contributed by atoms with Crippen molar-refractivity contribution in [3.05, 3.63) is 0 Å². The van der Waals surface area contributed by atoms with Crippen LogP contribution in [0.3, 0.4) is 0 Å². The summed E-state index contributed by atoms with van der Waals surface area (Å²) in [4.78, 5) is 13.6. The van der Waals surface area contributed by atoms with Crippen LogP contribution in [0.5, 0.6) is 0 Å². The predicted octanol–water partition coefficient (Wildman–Crippen LogP) is 1.90. The lowest BCUT2D eigenvalue weighted by Crippen LogP contribution is -2.32. The molecule has 0 aromatic carbocycles. The van der Waals surface area contributed by atoms with Gasteiger partial charge >= 0.3 is 0 Å². The van der Waals surface area contributed by atoms with Gasteiger partial charge in [-0.25, -0.2) is 0 Å². The fourth-order valence-corrected chi connectivity index (χ4v) is 1.77. The molecule has 0 aliphatic heterocycles. The highest BCUT2D eigenvalue weighted by atomic mass is 16.2. The van der Waals surface area contributed by atoms with E-state index in [2.05, 4.69) is 6.92 Å². The summed E-state index contributed by atoms with van der Waals surface area (Å²) in [6.07, 6.45) is 2.30. The average molecular weight is 169 g/mol. The zero-order chi connectivity index (χ0) is 9.14. The van der Waals surface area contributed by atoms with Crippen LogP contribution in [0.25, 0.3) is 0 Å². The Morgan fingerprint density at radius 2 is 1.92 bits per heavy atom. The van der Waals surface area contributed by atoms with E-state index in [-0.39, 0.29) is 0 Å². The molecule has 0 bridgehead atoms. The lowest BCUT2D eigenvalue weighted by atomic mass is 10.2. The van der Waals surface area contributed by atoms with Gasteiger partial charge in [-0.3, -0.25) is 4.79 Å². The second-order valence-electron chi connectivity index (χ2n) is 3.52.